The molecule has 0 bridgehead atoms. The summed E-state index contributed by atoms with van der Waals surface area (Å²) in [5.74, 6) is 0. The fraction of sp³-hybridized carbons (Fsp3) is 0.0323. The lowest BCUT2D eigenvalue weighted by atomic mass is 9.65. The Labute approximate surface area is 376 Å². The standard InChI is InChI=1S/C62H40N2O/c1-39-36-46(63(44-32-28-42(29-33-44)40-16-4-2-5-17-40)45-34-30-43(31-35-45)41-18-6-3-7-19-41)37-53-58(39)48-21-8-11-23-51(48)62(53)52-24-12-14-26-56(52)64-55-25-13-9-22-49(55)59-60(64)54(62)38-50-47-20-10-15-27-57(47)65-61(50)59/h2-38H,1H3. The largest absolute Gasteiger partial charge is 0.455 e. The molecule has 12 aromatic rings. The van der Waals surface area contributed by atoms with Gasteiger partial charge in [0.15, 0.2) is 0 Å². The van der Waals surface area contributed by atoms with Gasteiger partial charge in [-0.05, 0) is 129 Å². The summed E-state index contributed by atoms with van der Waals surface area (Å²) < 4.78 is 9.42. The van der Waals surface area contributed by atoms with E-state index in [1.807, 2.05) is 0 Å². The number of benzene rings is 10. The summed E-state index contributed by atoms with van der Waals surface area (Å²) in [6.07, 6.45) is 0. The number of para-hydroxylation sites is 3. The molecule has 0 saturated heterocycles. The summed E-state index contributed by atoms with van der Waals surface area (Å²) in [6, 6.07) is 82.5. The van der Waals surface area contributed by atoms with Crippen LogP contribution in [0.25, 0.3) is 82.8 Å². The SMILES string of the molecule is Cc1cc(N(c2ccc(-c3ccccc3)cc2)c2ccc(-c3ccccc3)cc2)cc2c1-c1ccccc1C21c2ccccc2-n2c3ccccc3c3c4oc5ccccc5c4cc1c32. The van der Waals surface area contributed by atoms with Crippen molar-refractivity contribution in [2.24, 2.45) is 0 Å². The Morgan fingerprint density at radius 2 is 1.00 bits per heavy atom. The van der Waals surface area contributed by atoms with Gasteiger partial charge in [0.1, 0.15) is 11.2 Å². The van der Waals surface area contributed by atoms with Crippen LogP contribution in [0.4, 0.5) is 17.1 Å². The van der Waals surface area contributed by atoms with Crippen molar-refractivity contribution in [3.63, 3.8) is 0 Å². The lowest BCUT2D eigenvalue weighted by Gasteiger charge is -2.40. The Bertz CT molecular complexity index is 3800. The van der Waals surface area contributed by atoms with Crippen LogP contribution in [0.15, 0.2) is 229 Å². The topological polar surface area (TPSA) is 21.3 Å². The monoisotopic (exact) mass is 828 g/mol. The van der Waals surface area contributed by atoms with E-state index in [1.54, 1.807) is 0 Å². The highest BCUT2D eigenvalue weighted by molar-refractivity contribution is 6.26. The second-order valence-electron chi connectivity index (χ2n) is 17.6. The van der Waals surface area contributed by atoms with Crippen LogP contribution in [0.2, 0.25) is 0 Å². The van der Waals surface area contributed by atoms with Gasteiger partial charge >= 0.3 is 0 Å². The molecular formula is C62H40N2O. The van der Waals surface area contributed by atoms with Crippen molar-refractivity contribution in [1.29, 1.82) is 0 Å². The van der Waals surface area contributed by atoms with Gasteiger partial charge < -0.3 is 13.9 Å². The first-order valence-electron chi connectivity index (χ1n) is 22.5. The molecule has 2 aliphatic rings. The minimum Gasteiger partial charge on any atom is -0.455 e. The Hall–Kier alpha value is -8.40. The fourth-order valence-electron chi connectivity index (χ4n) is 11.6. The zero-order chi connectivity index (χ0) is 42.8. The molecule has 14 rings (SSSR count). The Kier molecular flexibility index (Phi) is 7.53. The number of rotatable bonds is 5. The van der Waals surface area contributed by atoms with Gasteiger partial charge in [0.2, 0.25) is 0 Å². The molecule has 1 aliphatic heterocycles. The lowest BCUT2D eigenvalue weighted by Crippen LogP contribution is -2.33. The first-order chi connectivity index (χ1) is 32.2. The maximum Gasteiger partial charge on any atom is 0.145 e. The summed E-state index contributed by atoms with van der Waals surface area (Å²) >= 11 is 0. The number of anilines is 3. The summed E-state index contributed by atoms with van der Waals surface area (Å²) in [7, 11) is 0. The molecule has 0 saturated carbocycles. The van der Waals surface area contributed by atoms with Crippen LogP contribution in [0.3, 0.4) is 0 Å². The van der Waals surface area contributed by atoms with Crippen molar-refractivity contribution in [3.05, 3.63) is 252 Å². The summed E-state index contributed by atoms with van der Waals surface area (Å²) in [6.45, 7) is 2.31. The first-order valence-corrected chi connectivity index (χ1v) is 22.5. The minimum absolute atomic E-state index is 0.654. The number of aryl methyl sites for hydroxylation is 1. The summed E-state index contributed by atoms with van der Waals surface area (Å²) in [5, 5.41) is 4.63. The van der Waals surface area contributed by atoms with E-state index in [9.17, 15) is 0 Å². The van der Waals surface area contributed by atoms with E-state index >= 15 is 0 Å². The number of hydrogen-bond acceptors (Lipinski definition) is 2. The maximum absolute atomic E-state index is 6.91. The van der Waals surface area contributed by atoms with Gasteiger partial charge in [-0.2, -0.15) is 0 Å². The molecule has 1 atom stereocenters. The van der Waals surface area contributed by atoms with Crippen LogP contribution in [0, 0.1) is 6.92 Å². The van der Waals surface area contributed by atoms with Crippen LogP contribution in [0.5, 0.6) is 0 Å². The van der Waals surface area contributed by atoms with Crippen molar-refractivity contribution in [3.8, 4) is 39.1 Å². The second kappa shape index (κ2) is 13.6. The third-order valence-corrected chi connectivity index (χ3v) is 14.3. The molecule has 3 heterocycles. The van der Waals surface area contributed by atoms with Crippen molar-refractivity contribution in [2.75, 3.05) is 4.90 Å². The van der Waals surface area contributed by atoms with E-state index in [0.29, 0.717) is 0 Å². The van der Waals surface area contributed by atoms with Crippen LogP contribution in [0.1, 0.15) is 27.8 Å². The number of furan rings is 1. The van der Waals surface area contributed by atoms with Gasteiger partial charge in [0, 0.05) is 33.2 Å². The lowest BCUT2D eigenvalue weighted by molar-refractivity contribution is 0.672. The van der Waals surface area contributed by atoms with Gasteiger partial charge in [-0.1, -0.05) is 164 Å². The Morgan fingerprint density at radius 3 is 1.71 bits per heavy atom. The van der Waals surface area contributed by atoms with Gasteiger partial charge in [-0.25, -0.2) is 0 Å². The van der Waals surface area contributed by atoms with Gasteiger partial charge in [-0.15, -0.1) is 0 Å². The molecule has 0 N–H and O–H groups in total. The molecule has 1 spiro atoms. The first kappa shape index (κ1) is 36.1. The van der Waals surface area contributed by atoms with Gasteiger partial charge in [0.05, 0.1) is 27.5 Å². The van der Waals surface area contributed by atoms with Crippen LogP contribution in [-0.2, 0) is 5.41 Å². The molecule has 3 heteroatoms. The van der Waals surface area contributed by atoms with Crippen molar-refractivity contribution in [1.82, 2.24) is 4.57 Å². The smallest absolute Gasteiger partial charge is 0.145 e. The third kappa shape index (κ3) is 4.95. The Morgan fingerprint density at radius 1 is 0.431 bits per heavy atom. The van der Waals surface area contributed by atoms with Crippen LogP contribution in [-0.4, -0.2) is 4.57 Å². The van der Waals surface area contributed by atoms with Crippen molar-refractivity contribution >= 4 is 60.8 Å². The number of nitrogens with zero attached hydrogens (tertiary/aromatic N) is 2. The van der Waals surface area contributed by atoms with Crippen molar-refractivity contribution < 1.29 is 4.42 Å². The zero-order valence-corrected chi connectivity index (χ0v) is 35.7. The van der Waals surface area contributed by atoms with E-state index in [2.05, 4.69) is 241 Å². The molecule has 2 aromatic heterocycles. The highest BCUT2D eigenvalue weighted by Crippen LogP contribution is 2.63. The average Bonchev–Trinajstić information content (AvgIpc) is 4.02. The molecule has 1 unspecified atom stereocenters. The molecule has 3 nitrogen and oxygen atoms in total. The average molecular weight is 829 g/mol. The summed E-state index contributed by atoms with van der Waals surface area (Å²) in [5.41, 5.74) is 21.8. The molecule has 65 heavy (non-hydrogen) atoms. The molecule has 0 amide bonds. The molecule has 304 valence electrons. The minimum atomic E-state index is -0.654. The predicted octanol–water partition coefficient (Wildman–Crippen LogP) is 16.5. The van der Waals surface area contributed by atoms with Gasteiger partial charge in [0.25, 0.3) is 0 Å². The van der Waals surface area contributed by atoms with Gasteiger partial charge in [-0.3, -0.25) is 0 Å². The van der Waals surface area contributed by atoms with E-state index in [1.165, 1.54) is 83.3 Å². The Balaban J connectivity index is 1.08. The molecule has 0 radical (unpaired) electrons. The van der Waals surface area contributed by atoms with E-state index in [0.717, 1.165) is 44.4 Å². The molecule has 0 fully saturated rings. The highest BCUT2D eigenvalue weighted by Gasteiger charge is 2.52. The quantitative estimate of drug-likeness (QED) is 0.172. The van der Waals surface area contributed by atoms with Crippen LogP contribution >= 0.6 is 0 Å². The van der Waals surface area contributed by atoms with Crippen molar-refractivity contribution in [2.45, 2.75) is 12.3 Å². The number of fused-ring (bicyclic) bond motifs is 16. The number of aromatic nitrogens is 1. The van der Waals surface area contributed by atoms with E-state index in [4.69, 9.17) is 4.42 Å². The third-order valence-electron chi connectivity index (χ3n) is 14.3. The molecular weight excluding hydrogens is 789 g/mol. The number of hydrogen-bond donors (Lipinski definition) is 0. The normalized spacial score (nSPS) is 14.6. The molecule has 10 aromatic carbocycles. The molecule has 1 aliphatic carbocycles. The second-order valence-corrected chi connectivity index (χ2v) is 17.6. The highest BCUT2D eigenvalue weighted by atomic mass is 16.3. The summed E-state index contributed by atoms with van der Waals surface area (Å²) in [4.78, 5) is 2.45. The maximum atomic E-state index is 6.91. The van der Waals surface area contributed by atoms with Crippen LogP contribution < -0.4 is 4.90 Å². The van der Waals surface area contributed by atoms with E-state index in [-0.39, 0.29) is 0 Å². The van der Waals surface area contributed by atoms with E-state index < -0.39 is 5.41 Å². The fourth-order valence-corrected chi connectivity index (χ4v) is 11.6. The predicted molar refractivity (Wildman–Crippen MR) is 269 cm³/mol. The zero-order valence-electron chi connectivity index (χ0n) is 35.7.